The smallest absolute Gasteiger partial charge is 0.229 e. The van der Waals surface area contributed by atoms with Crippen molar-refractivity contribution in [2.45, 2.75) is 45.1 Å². The predicted molar refractivity (Wildman–Crippen MR) is 113 cm³/mol. The molecule has 0 bridgehead atoms. The van der Waals surface area contributed by atoms with Crippen LogP contribution in [-0.2, 0) is 6.42 Å². The van der Waals surface area contributed by atoms with Crippen LogP contribution in [0.4, 0.5) is 28.8 Å². The maximum absolute atomic E-state index is 5.93. The third kappa shape index (κ3) is 5.01. The van der Waals surface area contributed by atoms with E-state index in [1.165, 1.54) is 6.42 Å². The fourth-order valence-electron chi connectivity index (χ4n) is 3.39. The molecule has 1 aromatic carbocycles. The molecule has 0 aliphatic carbocycles. The normalized spacial score (nSPS) is 17.1. The van der Waals surface area contributed by atoms with Gasteiger partial charge >= 0.3 is 0 Å². The Labute approximate surface area is 161 Å². The summed E-state index contributed by atoms with van der Waals surface area (Å²) in [7, 11) is 2.03. The first-order valence-electron chi connectivity index (χ1n) is 9.81. The molecule has 27 heavy (non-hydrogen) atoms. The number of piperidine rings is 1. The SMILES string of the molecule is CCCCc1cc(N2CCC[C@@H](NC)C2)nc(Nc2ccc(N)c(N)c2)n1. The van der Waals surface area contributed by atoms with E-state index >= 15 is 0 Å². The van der Waals surface area contributed by atoms with Crippen LogP contribution in [0.3, 0.4) is 0 Å². The third-order valence-electron chi connectivity index (χ3n) is 5.05. The molecule has 0 unspecified atom stereocenters. The van der Waals surface area contributed by atoms with Gasteiger partial charge in [0, 0.05) is 36.6 Å². The Hall–Kier alpha value is -2.54. The summed E-state index contributed by atoms with van der Waals surface area (Å²) in [5, 5.41) is 6.69. The van der Waals surface area contributed by atoms with Gasteiger partial charge in [-0.2, -0.15) is 4.98 Å². The number of aryl methyl sites for hydroxylation is 1. The summed E-state index contributed by atoms with van der Waals surface area (Å²) in [6.07, 6.45) is 5.58. The fraction of sp³-hybridized carbons (Fsp3) is 0.500. The van der Waals surface area contributed by atoms with Crippen molar-refractivity contribution in [2.24, 2.45) is 0 Å². The summed E-state index contributed by atoms with van der Waals surface area (Å²) in [6.45, 7) is 4.19. The molecule has 0 amide bonds. The standard InChI is InChI=1S/C20H31N7/c1-3-4-6-14-12-19(27-10-5-7-16(13-27)23-2)26-20(24-14)25-15-8-9-17(21)18(22)11-15/h8-9,11-12,16,23H,3-7,10,13,21-22H2,1-2H3,(H,24,25,26)/t16-/m1/s1. The number of hydrogen-bond acceptors (Lipinski definition) is 7. The van der Waals surface area contributed by atoms with Crippen LogP contribution in [0.5, 0.6) is 0 Å². The van der Waals surface area contributed by atoms with E-state index in [0.717, 1.165) is 56.0 Å². The lowest BCUT2D eigenvalue weighted by Gasteiger charge is -2.33. The second-order valence-corrected chi connectivity index (χ2v) is 7.19. The Balaban J connectivity index is 1.86. The highest BCUT2D eigenvalue weighted by Gasteiger charge is 2.20. The fourth-order valence-corrected chi connectivity index (χ4v) is 3.39. The molecular weight excluding hydrogens is 338 g/mol. The molecule has 1 atom stereocenters. The summed E-state index contributed by atoms with van der Waals surface area (Å²) in [5.74, 6) is 1.59. The lowest BCUT2D eigenvalue weighted by molar-refractivity contribution is 0.447. The number of nitrogen functional groups attached to an aromatic ring is 2. The summed E-state index contributed by atoms with van der Waals surface area (Å²) in [6, 6.07) is 8.14. The highest BCUT2D eigenvalue weighted by Crippen LogP contribution is 2.25. The number of nitrogens with one attached hydrogen (secondary N) is 2. The molecule has 1 saturated heterocycles. The van der Waals surface area contributed by atoms with Crippen molar-refractivity contribution in [1.29, 1.82) is 0 Å². The van der Waals surface area contributed by atoms with Gasteiger partial charge in [0.2, 0.25) is 5.95 Å². The molecule has 0 saturated carbocycles. The lowest BCUT2D eigenvalue weighted by atomic mass is 10.1. The summed E-state index contributed by atoms with van der Waals surface area (Å²) in [5.41, 5.74) is 14.8. The molecule has 1 aliphatic heterocycles. The van der Waals surface area contributed by atoms with Gasteiger partial charge in [-0.25, -0.2) is 4.98 Å². The first kappa shape index (κ1) is 19.2. The van der Waals surface area contributed by atoms with Gasteiger partial charge in [0.1, 0.15) is 5.82 Å². The first-order valence-corrected chi connectivity index (χ1v) is 9.81. The van der Waals surface area contributed by atoms with Gasteiger partial charge in [-0.3, -0.25) is 0 Å². The molecule has 6 N–H and O–H groups in total. The van der Waals surface area contributed by atoms with Crippen LogP contribution >= 0.6 is 0 Å². The second-order valence-electron chi connectivity index (χ2n) is 7.19. The molecule has 0 radical (unpaired) electrons. The van der Waals surface area contributed by atoms with Crippen LogP contribution in [0.15, 0.2) is 24.3 Å². The molecule has 3 rings (SSSR count). The second kappa shape index (κ2) is 8.90. The minimum Gasteiger partial charge on any atom is -0.397 e. The molecule has 1 aliphatic rings. The van der Waals surface area contributed by atoms with Gasteiger partial charge < -0.3 is 27.0 Å². The first-order chi connectivity index (χ1) is 13.1. The average molecular weight is 370 g/mol. The van der Waals surface area contributed by atoms with Crippen molar-refractivity contribution in [1.82, 2.24) is 15.3 Å². The Bertz CT molecular complexity index is 762. The third-order valence-corrected chi connectivity index (χ3v) is 5.05. The highest BCUT2D eigenvalue weighted by atomic mass is 15.2. The average Bonchev–Trinajstić information content (AvgIpc) is 2.69. The number of benzene rings is 1. The molecule has 2 heterocycles. The van der Waals surface area contributed by atoms with E-state index in [0.29, 0.717) is 23.4 Å². The minimum atomic E-state index is 0.501. The molecular formula is C20H31N7. The molecule has 7 nitrogen and oxygen atoms in total. The number of anilines is 5. The number of rotatable bonds is 7. The number of likely N-dealkylation sites (N-methyl/N-ethyl adjacent to an activating group) is 1. The number of hydrogen-bond donors (Lipinski definition) is 4. The number of nitrogens with zero attached hydrogens (tertiary/aromatic N) is 3. The van der Waals surface area contributed by atoms with Crippen molar-refractivity contribution < 1.29 is 0 Å². The molecule has 0 spiro atoms. The van der Waals surface area contributed by atoms with Gasteiger partial charge in [-0.15, -0.1) is 0 Å². The Morgan fingerprint density at radius 3 is 2.78 bits per heavy atom. The van der Waals surface area contributed by atoms with E-state index in [2.05, 4.69) is 28.5 Å². The van der Waals surface area contributed by atoms with Crippen molar-refractivity contribution >= 4 is 28.8 Å². The van der Waals surface area contributed by atoms with E-state index in [1.54, 1.807) is 6.07 Å². The van der Waals surface area contributed by atoms with Gasteiger partial charge in [-0.1, -0.05) is 13.3 Å². The van der Waals surface area contributed by atoms with Crippen molar-refractivity contribution in [3.63, 3.8) is 0 Å². The maximum Gasteiger partial charge on any atom is 0.229 e. The summed E-state index contributed by atoms with van der Waals surface area (Å²) < 4.78 is 0. The van der Waals surface area contributed by atoms with Crippen LogP contribution < -0.4 is 27.0 Å². The number of aromatic nitrogens is 2. The van der Waals surface area contributed by atoms with Crippen LogP contribution in [-0.4, -0.2) is 36.1 Å². The van der Waals surface area contributed by atoms with E-state index in [-0.39, 0.29) is 0 Å². The molecule has 1 aromatic heterocycles. The number of unbranched alkanes of at least 4 members (excludes halogenated alkanes) is 1. The van der Waals surface area contributed by atoms with E-state index in [9.17, 15) is 0 Å². The molecule has 7 heteroatoms. The van der Waals surface area contributed by atoms with Crippen molar-refractivity contribution in [2.75, 3.05) is 41.8 Å². The Kier molecular flexibility index (Phi) is 6.34. The van der Waals surface area contributed by atoms with Gasteiger partial charge in [0.25, 0.3) is 0 Å². The lowest BCUT2D eigenvalue weighted by Crippen LogP contribution is -2.44. The van der Waals surface area contributed by atoms with E-state index < -0.39 is 0 Å². The molecule has 1 fully saturated rings. The van der Waals surface area contributed by atoms with Crippen LogP contribution in [0.1, 0.15) is 38.3 Å². The van der Waals surface area contributed by atoms with Crippen molar-refractivity contribution in [3.8, 4) is 0 Å². The van der Waals surface area contributed by atoms with Gasteiger partial charge in [0.15, 0.2) is 0 Å². The minimum absolute atomic E-state index is 0.501. The molecule has 146 valence electrons. The van der Waals surface area contributed by atoms with Crippen LogP contribution in [0.25, 0.3) is 0 Å². The summed E-state index contributed by atoms with van der Waals surface area (Å²) >= 11 is 0. The zero-order chi connectivity index (χ0) is 19.2. The van der Waals surface area contributed by atoms with Crippen LogP contribution in [0, 0.1) is 0 Å². The summed E-state index contributed by atoms with van der Waals surface area (Å²) in [4.78, 5) is 11.9. The largest absolute Gasteiger partial charge is 0.397 e. The van der Waals surface area contributed by atoms with E-state index in [4.69, 9.17) is 21.4 Å². The van der Waals surface area contributed by atoms with Gasteiger partial charge in [0.05, 0.1) is 11.4 Å². The quantitative estimate of drug-likeness (QED) is 0.556. The maximum atomic E-state index is 5.93. The topological polar surface area (TPSA) is 105 Å². The molecule has 2 aromatic rings. The Morgan fingerprint density at radius 1 is 1.19 bits per heavy atom. The van der Waals surface area contributed by atoms with E-state index in [1.807, 2.05) is 19.2 Å². The Morgan fingerprint density at radius 2 is 2.04 bits per heavy atom. The van der Waals surface area contributed by atoms with Gasteiger partial charge in [-0.05, 0) is 50.9 Å². The highest BCUT2D eigenvalue weighted by molar-refractivity contribution is 5.71. The predicted octanol–water partition coefficient (Wildman–Crippen LogP) is 2.92. The number of nitrogens with two attached hydrogens (primary N) is 2. The monoisotopic (exact) mass is 369 g/mol. The van der Waals surface area contributed by atoms with Crippen molar-refractivity contribution in [3.05, 3.63) is 30.0 Å². The zero-order valence-corrected chi connectivity index (χ0v) is 16.3. The zero-order valence-electron chi connectivity index (χ0n) is 16.3. The van der Waals surface area contributed by atoms with Crippen LogP contribution in [0.2, 0.25) is 0 Å².